The van der Waals surface area contributed by atoms with E-state index in [-0.39, 0.29) is 26.2 Å². The Balaban J connectivity index is 0.000000365. The second kappa shape index (κ2) is 15.6. The van der Waals surface area contributed by atoms with Crippen molar-refractivity contribution in [3.8, 4) is 0 Å². The van der Waals surface area contributed by atoms with E-state index >= 15 is 0 Å². The first kappa shape index (κ1) is 31.6. The van der Waals surface area contributed by atoms with Crippen LogP contribution in [0.25, 0.3) is 0 Å². The summed E-state index contributed by atoms with van der Waals surface area (Å²) in [6, 6.07) is -2.19. The maximum Gasteiger partial charge on any atom is 0.326 e. The minimum atomic E-state index is -1.56. The summed E-state index contributed by atoms with van der Waals surface area (Å²) in [5, 5.41) is 75.1. The zero-order valence-corrected chi connectivity index (χ0v) is 20.4. The molecular weight excluding hydrogens is 468 g/mol. The van der Waals surface area contributed by atoms with Crippen molar-refractivity contribution < 1.29 is 55.2 Å². The predicted molar refractivity (Wildman–Crippen MR) is 122 cm³/mol. The molecule has 0 radical (unpaired) electrons. The van der Waals surface area contributed by atoms with Gasteiger partial charge in [0.1, 0.15) is 36.5 Å². The van der Waals surface area contributed by atoms with Gasteiger partial charge in [0, 0.05) is 19.6 Å². The normalized spacial score (nSPS) is 34.1. The number of carbonyl (C=O) groups excluding carboxylic acids is 1. The Bertz CT molecular complexity index is 641. The highest BCUT2D eigenvalue weighted by molar-refractivity contribution is 5.77. The smallest absolute Gasteiger partial charge is 0.326 e. The van der Waals surface area contributed by atoms with Gasteiger partial charge in [0.15, 0.2) is 0 Å². The summed E-state index contributed by atoms with van der Waals surface area (Å²) in [5.41, 5.74) is 0. The molecule has 2 saturated heterocycles. The molecule has 2 fully saturated rings. The minimum Gasteiger partial charge on any atom is -0.480 e. The number of nitrogens with zero attached hydrogens (tertiary/aromatic N) is 2. The molecule has 206 valence electrons. The molecule has 0 aromatic rings. The Morgan fingerprint density at radius 2 is 1.26 bits per heavy atom. The van der Waals surface area contributed by atoms with Crippen LogP contribution in [0.4, 0.5) is 0 Å². The number of aliphatic hydroxyl groups excluding tert-OH is 7. The lowest BCUT2D eigenvalue weighted by atomic mass is 9.93. The van der Waals surface area contributed by atoms with Crippen molar-refractivity contribution in [3.63, 3.8) is 0 Å². The molecule has 2 aliphatic rings. The monoisotopic (exact) mass is 510 g/mol. The SMILES string of the molecule is CCCCOC(=O)[C@@H]1[C@@H](O)[C@H](O)[C@@H](O)CN1CCCC.O=C(O)[C@@H]1[C@@H](O)[C@H](O)[C@@H](O)CN1CCO. The van der Waals surface area contributed by atoms with Crippen LogP contribution in [0, 0.1) is 0 Å². The number of rotatable bonds is 10. The molecule has 0 amide bonds. The van der Waals surface area contributed by atoms with Gasteiger partial charge in [-0.05, 0) is 19.4 Å². The molecule has 0 aliphatic carbocycles. The van der Waals surface area contributed by atoms with E-state index in [0.717, 1.165) is 25.7 Å². The molecule has 13 nitrogen and oxygen atoms in total. The van der Waals surface area contributed by atoms with E-state index in [9.17, 15) is 40.2 Å². The van der Waals surface area contributed by atoms with Crippen molar-refractivity contribution in [2.75, 3.05) is 39.4 Å². The third-order valence-electron chi connectivity index (χ3n) is 6.19. The number of carboxylic acid groups (broad SMARTS) is 1. The molecule has 0 aromatic heterocycles. The Hall–Kier alpha value is -1.42. The van der Waals surface area contributed by atoms with Crippen molar-refractivity contribution in [2.45, 2.75) is 88.2 Å². The standard InChI is InChI=1S/C14H27NO5.C8H15NO6/c1-3-5-7-15-9-10(16)12(17)13(18)11(15)14(19)20-8-6-4-2;10-2-1-9-3-4(11)6(12)7(13)5(9)8(14)15/h10-13,16-18H,3-9H2,1-2H3;4-7,10-13H,1-3H2,(H,14,15)/t10-,11-,12+,13+;4-,5-,6+,7+/m00/s1. The zero-order valence-electron chi connectivity index (χ0n) is 20.4. The maximum absolute atomic E-state index is 12.1. The van der Waals surface area contributed by atoms with Gasteiger partial charge in [0.2, 0.25) is 0 Å². The van der Waals surface area contributed by atoms with E-state index in [4.69, 9.17) is 14.9 Å². The summed E-state index contributed by atoms with van der Waals surface area (Å²) in [5.74, 6) is -1.81. The van der Waals surface area contributed by atoms with Crippen molar-refractivity contribution in [1.29, 1.82) is 0 Å². The fourth-order valence-corrected chi connectivity index (χ4v) is 4.13. The zero-order chi connectivity index (χ0) is 26.7. The van der Waals surface area contributed by atoms with Gasteiger partial charge >= 0.3 is 11.9 Å². The number of β-amino-alcohol motifs (C(OH)–C–C–N with tert-alkyl or cyclic N) is 3. The molecule has 0 saturated carbocycles. The Labute approximate surface area is 205 Å². The highest BCUT2D eigenvalue weighted by atomic mass is 16.5. The summed E-state index contributed by atoms with van der Waals surface area (Å²) in [6.45, 7) is 4.76. The molecule has 2 rings (SSSR count). The third kappa shape index (κ3) is 8.88. The second-order valence-electron chi connectivity index (χ2n) is 8.91. The molecular formula is C22H42N2O11. The molecule has 0 spiro atoms. The molecule has 0 unspecified atom stereocenters. The molecule has 13 heteroatoms. The number of likely N-dealkylation sites (tertiary alicyclic amines) is 2. The molecule has 2 aliphatic heterocycles. The van der Waals surface area contributed by atoms with Gasteiger partial charge < -0.3 is 45.6 Å². The largest absolute Gasteiger partial charge is 0.480 e. The van der Waals surface area contributed by atoms with Crippen molar-refractivity contribution in [2.24, 2.45) is 0 Å². The van der Waals surface area contributed by atoms with Crippen LogP contribution in [0.1, 0.15) is 39.5 Å². The van der Waals surface area contributed by atoms with Crippen molar-refractivity contribution in [1.82, 2.24) is 9.80 Å². The first-order valence-corrected chi connectivity index (χ1v) is 12.1. The molecule has 8 N–H and O–H groups in total. The molecule has 2 heterocycles. The van der Waals surface area contributed by atoms with E-state index in [0.29, 0.717) is 13.2 Å². The summed E-state index contributed by atoms with van der Waals surface area (Å²) in [6.07, 6.45) is -4.41. The van der Waals surface area contributed by atoms with Gasteiger partial charge in [-0.1, -0.05) is 26.7 Å². The number of carbonyl (C=O) groups is 2. The quantitative estimate of drug-likeness (QED) is 0.107. The molecule has 8 atom stereocenters. The van der Waals surface area contributed by atoms with E-state index in [2.05, 4.69) is 0 Å². The number of piperidine rings is 2. The number of esters is 1. The van der Waals surface area contributed by atoms with Crippen LogP contribution < -0.4 is 0 Å². The second-order valence-corrected chi connectivity index (χ2v) is 8.91. The summed E-state index contributed by atoms with van der Waals surface area (Å²) in [4.78, 5) is 25.9. The summed E-state index contributed by atoms with van der Waals surface area (Å²) < 4.78 is 5.15. The fraction of sp³-hybridized carbons (Fsp3) is 0.909. The number of carboxylic acids is 1. The lowest BCUT2D eigenvalue weighted by molar-refractivity contribution is -0.176. The Morgan fingerprint density at radius 3 is 1.71 bits per heavy atom. The van der Waals surface area contributed by atoms with Gasteiger partial charge in [0.05, 0.1) is 25.4 Å². The van der Waals surface area contributed by atoms with Crippen LogP contribution in [0.5, 0.6) is 0 Å². The van der Waals surface area contributed by atoms with Crippen LogP contribution in [-0.2, 0) is 14.3 Å². The number of aliphatic carboxylic acids is 1. The molecule has 0 aromatic carbocycles. The van der Waals surface area contributed by atoms with Gasteiger partial charge in [-0.25, -0.2) is 0 Å². The van der Waals surface area contributed by atoms with E-state index in [1.165, 1.54) is 4.90 Å². The van der Waals surface area contributed by atoms with E-state index in [1.807, 2.05) is 13.8 Å². The number of ether oxygens (including phenoxy) is 1. The van der Waals surface area contributed by atoms with Crippen LogP contribution in [0.2, 0.25) is 0 Å². The van der Waals surface area contributed by atoms with Gasteiger partial charge in [0.25, 0.3) is 0 Å². The highest BCUT2D eigenvalue weighted by Gasteiger charge is 2.46. The lowest BCUT2D eigenvalue weighted by Gasteiger charge is -2.42. The summed E-state index contributed by atoms with van der Waals surface area (Å²) in [7, 11) is 0. The number of hydrogen-bond acceptors (Lipinski definition) is 12. The number of hydrogen-bond donors (Lipinski definition) is 8. The van der Waals surface area contributed by atoms with E-state index < -0.39 is 60.6 Å². The van der Waals surface area contributed by atoms with Gasteiger partial charge in [-0.3, -0.25) is 19.4 Å². The number of unbranched alkanes of at least 4 members (excludes halogenated alkanes) is 2. The van der Waals surface area contributed by atoms with Crippen LogP contribution >= 0.6 is 0 Å². The number of aliphatic hydroxyl groups is 7. The minimum absolute atomic E-state index is 0.0256. The maximum atomic E-state index is 12.1. The highest BCUT2D eigenvalue weighted by Crippen LogP contribution is 2.21. The Morgan fingerprint density at radius 1 is 0.771 bits per heavy atom. The van der Waals surface area contributed by atoms with Crippen LogP contribution in [0.15, 0.2) is 0 Å². The van der Waals surface area contributed by atoms with E-state index in [1.54, 1.807) is 4.90 Å². The topological polar surface area (TPSA) is 212 Å². The third-order valence-corrected chi connectivity index (χ3v) is 6.19. The first-order valence-electron chi connectivity index (χ1n) is 12.1. The van der Waals surface area contributed by atoms with Gasteiger partial charge in [-0.15, -0.1) is 0 Å². The molecule has 0 bridgehead atoms. The summed E-state index contributed by atoms with van der Waals surface area (Å²) >= 11 is 0. The van der Waals surface area contributed by atoms with Crippen LogP contribution in [0.3, 0.4) is 0 Å². The van der Waals surface area contributed by atoms with Crippen molar-refractivity contribution in [3.05, 3.63) is 0 Å². The lowest BCUT2D eigenvalue weighted by Crippen LogP contribution is -2.64. The molecule has 35 heavy (non-hydrogen) atoms. The average Bonchev–Trinajstić information content (AvgIpc) is 2.80. The fourth-order valence-electron chi connectivity index (χ4n) is 4.13. The van der Waals surface area contributed by atoms with Crippen LogP contribution in [-0.4, -0.2) is 151 Å². The Kier molecular flexibility index (Phi) is 14.1. The predicted octanol–water partition coefficient (Wildman–Crippen LogP) is -3.27. The average molecular weight is 511 g/mol. The van der Waals surface area contributed by atoms with Gasteiger partial charge in [-0.2, -0.15) is 0 Å². The first-order chi connectivity index (χ1) is 16.5. The van der Waals surface area contributed by atoms with Crippen molar-refractivity contribution >= 4 is 11.9 Å².